The molecule has 0 spiro atoms. The van der Waals surface area contributed by atoms with Crippen molar-refractivity contribution in [2.45, 2.75) is 25.7 Å². The third-order valence-corrected chi connectivity index (χ3v) is 3.06. The van der Waals surface area contributed by atoms with Crippen molar-refractivity contribution in [3.05, 3.63) is 0 Å². The maximum absolute atomic E-state index is 5.63. The Morgan fingerprint density at radius 1 is 0.500 bits per heavy atom. The lowest BCUT2D eigenvalue weighted by atomic mass is 10.3. The fraction of sp³-hybridized carbons (Fsp3) is 1.00. The van der Waals surface area contributed by atoms with E-state index < -0.39 is 0 Å². The van der Waals surface area contributed by atoms with Crippen molar-refractivity contribution in [1.82, 2.24) is 0 Å². The predicted molar refractivity (Wildman–Crippen MR) is 85.9 cm³/mol. The highest BCUT2D eigenvalue weighted by Gasteiger charge is 2.06. The number of nitrogens with zero attached hydrogens (tertiary/aromatic N) is 2. The Labute approximate surface area is 126 Å². The quantitative estimate of drug-likeness (QED) is 0.381. The summed E-state index contributed by atoms with van der Waals surface area (Å²) in [7, 11) is 13.3. The highest BCUT2D eigenvalue weighted by molar-refractivity contribution is 4.41. The molecule has 0 aromatic carbocycles. The topological polar surface area (TPSA) is 18.5 Å². The van der Waals surface area contributed by atoms with Crippen LogP contribution in [-0.4, -0.2) is 90.8 Å². The molecule has 4 nitrogen and oxygen atoms in total. The van der Waals surface area contributed by atoms with Crippen molar-refractivity contribution in [3.63, 3.8) is 0 Å². The first-order valence-corrected chi connectivity index (χ1v) is 7.97. The maximum Gasteiger partial charge on any atom is 0.0802 e. The van der Waals surface area contributed by atoms with E-state index >= 15 is 0 Å². The summed E-state index contributed by atoms with van der Waals surface area (Å²) in [6.07, 6.45) is 4.51. The summed E-state index contributed by atoms with van der Waals surface area (Å²) >= 11 is 0. The van der Waals surface area contributed by atoms with Crippen molar-refractivity contribution in [2.75, 3.05) is 81.8 Å². The molecule has 0 aliphatic heterocycles. The molecule has 0 unspecified atom stereocenters. The van der Waals surface area contributed by atoms with E-state index in [9.17, 15) is 0 Å². The van der Waals surface area contributed by atoms with Gasteiger partial charge in [0.1, 0.15) is 0 Å². The van der Waals surface area contributed by atoms with E-state index in [0.717, 1.165) is 61.1 Å². The van der Waals surface area contributed by atoms with Crippen LogP contribution in [0.25, 0.3) is 0 Å². The molecule has 0 rings (SSSR count). The fourth-order valence-corrected chi connectivity index (χ4v) is 1.89. The van der Waals surface area contributed by atoms with Crippen molar-refractivity contribution >= 4 is 0 Å². The molecule has 0 aliphatic rings. The third kappa shape index (κ3) is 17.8. The zero-order valence-electron chi connectivity index (χ0n) is 14.8. The highest BCUT2D eigenvalue weighted by Crippen LogP contribution is 1.98. The molecule has 0 N–H and O–H groups in total. The highest BCUT2D eigenvalue weighted by atomic mass is 16.5. The molecule has 122 valence electrons. The van der Waals surface area contributed by atoms with Gasteiger partial charge in [-0.25, -0.2) is 0 Å². The zero-order chi connectivity index (χ0) is 15.5. The molecule has 0 saturated heterocycles. The molecule has 0 heterocycles. The normalized spacial score (nSPS) is 12.9. The second-order valence-corrected chi connectivity index (χ2v) is 7.67. The summed E-state index contributed by atoms with van der Waals surface area (Å²) in [4.78, 5) is 0. The number of hydrogen-bond donors (Lipinski definition) is 0. The number of quaternary nitrogens is 2. The molecule has 0 saturated carbocycles. The van der Waals surface area contributed by atoms with Crippen LogP contribution in [0, 0.1) is 0 Å². The van der Waals surface area contributed by atoms with Crippen LogP contribution in [0.5, 0.6) is 0 Å². The average molecular weight is 290 g/mol. The Kier molecular flexibility index (Phi) is 10.5. The first kappa shape index (κ1) is 19.8. The number of rotatable bonds is 13. The number of unbranched alkanes of at least 4 members (excludes halogenated alkanes) is 1. The molecule has 0 fully saturated rings. The van der Waals surface area contributed by atoms with Gasteiger partial charge in [0.15, 0.2) is 0 Å². The molecule has 0 bridgehead atoms. The summed E-state index contributed by atoms with van der Waals surface area (Å²) in [6, 6.07) is 0. The van der Waals surface area contributed by atoms with Gasteiger partial charge in [0.2, 0.25) is 0 Å². The summed E-state index contributed by atoms with van der Waals surface area (Å²) < 4.78 is 13.3. The van der Waals surface area contributed by atoms with Crippen molar-refractivity contribution in [1.29, 1.82) is 0 Å². The minimum atomic E-state index is 0.874. The first-order chi connectivity index (χ1) is 9.21. The average Bonchev–Trinajstić information content (AvgIpc) is 2.27. The van der Waals surface area contributed by atoms with E-state index in [2.05, 4.69) is 42.3 Å². The van der Waals surface area contributed by atoms with Crippen LogP contribution in [0.2, 0.25) is 0 Å². The lowest BCUT2D eigenvalue weighted by molar-refractivity contribution is -0.870. The predicted octanol–water partition coefficient (Wildman–Crippen LogP) is 1.99. The van der Waals surface area contributed by atoms with E-state index in [-0.39, 0.29) is 0 Å². The van der Waals surface area contributed by atoms with Crippen LogP contribution >= 0.6 is 0 Å². The molecule has 4 heteroatoms. The van der Waals surface area contributed by atoms with Crippen LogP contribution in [0.15, 0.2) is 0 Å². The molecule has 0 radical (unpaired) electrons. The van der Waals surface area contributed by atoms with Gasteiger partial charge in [0, 0.05) is 26.1 Å². The van der Waals surface area contributed by atoms with E-state index in [1.165, 1.54) is 13.1 Å². The Balaban J connectivity index is 3.10. The standard InChI is InChI=1S/C16H38N2O2/c1-17(2,3)11-9-15-19-13-7-8-14-20-16-10-12-18(4,5)6/h7-16H2,1-6H3/q+2. The van der Waals surface area contributed by atoms with E-state index in [0.29, 0.717) is 0 Å². The van der Waals surface area contributed by atoms with Gasteiger partial charge in [-0.3, -0.25) is 0 Å². The molecule has 0 atom stereocenters. The minimum absolute atomic E-state index is 0.874. The smallest absolute Gasteiger partial charge is 0.0802 e. The van der Waals surface area contributed by atoms with Gasteiger partial charge < -0.3 is 18.4 Å². The van der Waals surface area contributed by atoms with Gasteiger partial charge in [0.05, 0.1) is 68.6 Å². The zero-order valence-corrected chi connectivity index (χ0v) is 14.8. The first-order valence-electron chi connectivity index (χ1n) is 7.97. The SMILES string of the molecule is C[N+](C)(C)CCCOCCCCOCCC[N+](C)(C)C. The van der Waals surface area contributed by atoms with Crippen LogP contribution in [0.1, 0.15) is 25.7 Å². The summed E-state index contributed by atoms with van der Waals surface area (Å²) in [5.41, 5.74) is 0. The Morgan fingerprint density at radius 2 is 0.800 bits per heavy atom. The van der Waals surface area contributed by atoms with Crippen LogP contribution in [0.4, 0.5) is 0 Å². The second kappa shape index (κ2) is 10.6. The summed E-state index contributed by atoms with van der Waals surface area (Å²) in [6.45, 7) is 5.88. The van der Waals surface area contributed by atoms with Crippen LogP contribution in [-0.2, 0) is 9.47 Å². The third-order valence-electron chi connectivity index (χ3n) is 3.06. The maximum atomic E-state index is 5.63. The largest absolute Gasteiger partial charge is 0.381 e. The molecular formula is C16H38N2O2+2. The number of hydrogen-bond acceptors (Lipinski definition) is 2. The molecule has 0 aromatic heterocycles. The number of ether oxygens (including phenoxy) is 2. The van der Waals surface area contributed by atoms with Gasteiger partial charge in [-0.2, -0.15) is 0 Å². The Bertz CT molecular complexity index is 195. The Morgan fingerprint density at radius 3 is 1.10 bits per heavy atom. The van der Waals surface area contributed by atoms with E-state index in [4.69, 9.17) is 9.47 Å². The monoisotopic (exact) mass is 290 g/mol. The van der Waals surface area contributed by atoms with E-state index in [1.54, 1.807) is 0 Å². The molecular weight excluding hydrogens is 252 g/mol. The molecule has 0 aromatic rings. The molecule has 0 amide bonds. The van der Waals surface area contributed by atoms with Gasteiger partial charge in [-0.1, -0.05) is 0 Å². The second-order valence-electron chi connectivity index (χ2n) is 7.67. The van der Waals surface area contributed by atoms with E-state index in [1.807, 2.05) is 0 Å². The lowest BCUT2D eigenvalue weighted by Gasteiger charge is -2.23. The summed E-state index contributed by atoms with van der Waals surface area (Å²) in [5, 5.41) is 0. The summed E-state index contributed by atoms with van der Waals surface area (Å²) in [5.74, 6) is 0. The van der Waals surface area contributed by atoms with Gasteiger partial charge in [0.25, 0.3) is 0 Å². The fourth-order valence-electron chi connectivity index (χ4n) is 1.89. The molecule has 0 aliphatic carbocycles. The van der Waals surface area contributed by atoms with Crippen molar-refractivity contribution in [2.24, 2.45) is 0 Å². The lowest BCUT2D eigenvalue weighted by Crippen LogP contribution is -2.35. The minimum Gasteiger partial charge on any atom is -0.381 e. The van der Waals surface area contributed by atoms with Crippen molar-refractivity contribution in [3.8, 4) is 0 Å². The van der Waals surface area contributed by atoms with Gasteiger partial charge in [-0.15, -0.1) is 0 Å². The van der Waals surface area contributed by atoms with Gasteiger partial charge in [-0.05, 0) is 12.8 Å². The molecule has 20 heavy (non-hydrogen) atoms. The van der Waals surface area contributed by atoms with Crippen molar-refractivity contribution < 1.29 is 18.4 Å². The van der Waals surface area contributed by atoms with Gasteiger partial charge >= 0.3 is 0 Å². The van der Waals surface area contributed by atoms with Crippen LogP contribution < -0.4 is 0 Å². The Hall–Kier alpha value is -0.160. The van der Waals surface area contributed by atoms with Crippen LogP contribution in [0.3, 0.4) is 0 Å².